The summed E-state index contributed by atoms with van der Waals surface area (Å²) in [5.74, 6) is 0.461. The fourth-order valence-electron chi connectivity index (χ4n) is 2.34. The average molecular weight is 255 g/mol. The van der Waals surface area contributed by atoms with Crippen molar-refractivity contribution in [3.63, 3.8) is 0 Å². The van der Waals surface area contributed by atoms with Crippen LogP contribution in [0.25, 0.3) is 0 Å². The minimum atomic E-state index is 0.123. The van der Waals surface area contributed by atoms with Gasteiger partial charge in [-0.2, -0.15) is 0 Å². The highest BCUT2D eigenvalue weighted by molar-refractivity contribution is 5.74. The predicted octanol–water partition coefficient (Wildman–Crippen LogP) is 2.16. The van der Waals surface area contributed by atoms with Crippen LogP contribution in [0, 0.1) is 5.92 Å². The van der Waals surface area contributed by atoms with E-state index in [2.05, 4.69) is 24.1 Å². The Kier molecular flexibility index (Phi) is 6.47. The molecule has 0 aromatic heterocycles. The maximum absolute atomic E-state index is 12.2. The van der Waals surface area contributed by atoms with Gasteiger partial charge >= 0.3 is 6.03 Å². The summed E-state index contributed by atoms with van der Waals surface area (Å²) in [5.41, 5.74) is 0. The number of nitrogens with zero attached hydrogens (tertiary/aromatic N) is 2. The number of hydrogen-bond donors (Lipinski definition) is 1. The summed E-state index contributed by atoms with van der Waals surface area (Å²) < 4.78 is 0. The number of rotatable bonds is 4. The van der Waals surface area contributed by atoms with Crippen LogP contribution >= 0.6 is 0 Å². The second-order valence-corrected chi connectivity index (χ2v) is 5.96. The van der Waals surface area contributed by atoms with Crippen molar-refractivity contribution in [2.24, 2.45) is 5.92 Å². The first-order valence-corrected chi connectivity index (χ1v) is 7.21. The lowest BCUT2D eigenvalue weighted by Crippen LogP contribution is -2.50. The second-order valence-electron chi connectivity index (χ2n) is 5.96. The molecule has 1 aliphatic heterocycles. The number of hydrogen-bond acceptors (Lipinski definition) is 2. The van der Waals surface area contributed by atoms with Gasteiger partial charge in [-0.15, -0.1) is 0 Å². The van der Waals surface area contributed by atoms with Crippen molar-refractivity contribution in [3.8, 4) is 0 Å². The molecule has 4 heteroatoms. The van der Waals surface area contributed by atoms with E-state index in [1.807, 2.05) is 19.0 Å². The van der Waals surface area contributed by atoms with Gasteiger partial charge in [0.05, 0.1) is 0 Å². The van der Waals surface area contributed by atoms with E-state index in [9.17, 15) is 4.79 Å². The normalized spacial score (nSPS) is 18.9. The molecule has 18 heavy (non-hydrogen) atoms. The van der Waals surface area contributed by atoms with Gasteiger partial charge in [0.25, 0.3) is 0 Å². The molecule has 1 fully saturated rings. The van der Waals surface area contributed by atoms with Crippen LogP contribution in [0.3, 0.4) is 0 Å². The monoisotopic (exact) mass is 255 g/mol. The lowest BCUT2D eigenvalue weighted by molar-refractivity contribution is 0.186. The Morgan fingerprint density at radius 1 is 1.17 bits per heavy atom. The third kappa shape index (κ3) is 5.25. The van der Waals surface area contributed by atoms with Gasteiger partial charge in [0.1, 0.15) is 0 Å². The van der Waals surface area contributed by atoms with Crippen LogP contribution in [0.1, 0.15) is 39.5 Å². The number of likely N-dealkylation sites (tertiary alicyclic amines) is 1. The summed E-state index contributed by atoms with van der Waals surface area (Å²) in [6.45, 7) is 7.06. The molecular weight excluding hydrogens is 226 g/mol. The van der Waals surface area contributed by atoms with E-state index in [4.69, 9.17) is 0 Å². The second kappa shape index (κ2) is 7.62. The molecule has 4 nitrogen and oxygen atoms in total. The van der Waals surface area contributed by atoms with E-state index in [1.165, 1.54) is 12.8 Å². The van der Waals surface area contributed by atoms with Crippen LogP contribution in [-0.4, -0.2) is 55.6 Å². The molecule has 0 spiro atoms. The van der Waals surface area contributed by atoms with Crippen LogP contribution in [0.15, 0.2) is 0 Å². The van der Waals surface area contributed by atoms with Crippen molar-refractivity contribution in [3.05, 3.63) is 0 Å². The van der Waals surface area contributed by atoms with E-state index in [0.717, 1.165) is 32.5 Å². The maximum atomic E-state index is 12.2. The first-order valence-electron chi connectivity index (χ1n) is 7.21. The molecule has 1 N–H and O–H groups in total. The third-order valence-corrected chi connectivity index (χ3v) is 3.57. The summed E-state index contributed by atoms with van der Waals surface area (Å²) in [5, 5.41) is 3.19. The van der Waals surface area contributed by atoms with Gasteiger partial charge in [-0.05, 0) is 32.9 Å². The van der Waals surface area contributed by atoms with Gasteiger partial charge in [-0.1, -0.05) is 26.7 Å². The lowest BCUT2D eigenvalue weighted by Gasteiger charge is -2.29. The van der Waals surface area contributed by atoms with Gasteiger partial charge in [0.15, 0.2) is 0 Å². The molecule has 2 amide bonds. The van der Waals surface area contributed by atoms with Crippen LogP contribution in [0.5, 0.6) is 0 Å². The number of urea groups is 1. The van der Waals surface area contributed by atoms with Gasteiger partial charge in [-0.25, -0.2) is 4.79 Å². The van der Waals surface area contributed by atoms with Gasteiger partial charge in [-0.3, -0.25) is 0 Å². The highest BCUT2D eigenvalue weighted by atomic mass is 16.2. The topological polar surface area (TPSA) is 35.6 Å². The Balaban J connectivity index is 2.48. The molecule has 0 aromatic carbocycles. The molecule has 0 radical (unpaired) electrons. The molecular formula is C14H29N3O. The summed E-state index contributed by atoms with van der Waals surface area (Å²) in [4.78, 5) is 16.4. The summed E-state index contributed by atoms with van der Waals surface area (Å²) >= 11 is 0. The van der Waals surface area contributed by atoms with E-state index in [-0.39, 0.29) is 12.1 Å². The lowest BCUT2D eigenvalue weighted by atomic mass is 10.0. The Morgan fingerprint density at radius 3 is 2.17 bits per heavy atom. The number of likely N-dealkylation sites (N-methyl/N-ethyl adjacent to an activating group) is 1. The van der Waals surface area contributed by atoms with E-state index < -0.39 is 0 Å². The molecule has 1 unspecified atom stereocenters. The Bertz CT molecular complexity index is 245. The maximum Gasteiger partial charge on any atom is 0.317 e. The van der Waals surface area contributed by atoms with E-state index in [0.29, 0.717) is 5.92 Å². The zero-order chi connectivity index (χ0) is 13.5. The molecule has 1 atom stereocenters. The Labute approximate surface area is 112 Å². The molecule has 1 saturated heterocycles. The van der Waals surface area contributed by atoms with E-state index in [1.54, 1.807) is 0 Å². The molecule has 0 saturated carbocycles. The fourth-order valence-corrected chi connectivity index (χ4v) is 2.34. The fraction of sp³-hybridized carbons (Fsp3) is 0.929. The van der Waals surface area contributed by atoms with Crippen LogP contribution < -0.4 is 5.32 Å². The minimum Gasteiger partial charge on any atom is -0.334 e. The number of carbonyl (C=O) groups is 1. The zero-order valence-corrected chi connectivity index (χ0v) is 12.4. The molecule has 106 valence electrons. The molecule has 0 aromatic rings. The van der Waals surface area contributed by atoms with Crippen molar-refractivity contribution < 1.29 is 4.79 Å². The standard InChI is InChI=1S/C14H29N3O/c1-12(2)13(11-16(3)4)15-14(18)17-9-7-5-6-8-10-17/h12-13H,5-11H2,1-4H3,(H,15,18). The van der Waals surface area contributed by atoms with Crippen molar-refractivity contribution >= 4 is 6.03 Å². The zero-order valence-electron chi connectivity index (χ0n) is 12.4. The van der Waals surface area contributed by atoms with Gasteiger partial charge in [0.2, 0.25) is 0 Å². The van der Waals surface area contributed by atoms with Crippen LogP contribution in [0.4, 0.5) is 4.79 Å². The van der Waals surface area contributed by atoms with Crippen LogP contribution in [0.2, 0.25) is 0 Å². The number of nitrogens with one attached hydrogen (secondary N) is 1. The molecule has 0 aliphatic carbocycles. The van der Waals surface area contributed by atoms with E-state index >= 15 is 0 Å². The highest BCUT2D eigenvalue weighted by Crippen LogP contribution is 2.11. The van der Waals surface area contributed by atoms with Crippen molar-refractivity contribution in [2.45, 2.75) is 45.6 Å². The van der Waals surface area contributed by atoms with Gasteiger partial charge < -0.3 is 15.1 Å². The third-order valence-electron chi connectivity index (χ3n) is 3.57. The summed E-state index contributed by atoms with van der Waals surface area (Å²) in [6.07, 6.45) is 4.81. The number of carbonyl (C=O) groups excluding carboxylic acids is 1. The average Bonchev–Trinajstić information content (AvgIpc) is 2.55. The van der Waals surface area contributed by atoms with Crippen molar-refractivity contribution in [2.75, 3.05) is 33.7 Å². The molecule has 1 aliphatic rings. The summed E-state index contributed by atoms with van der Waals surface area (Å²) in [6, 6.07) is 0.355. The first kappa shape index (κ1) is 15.3. The molecule has 1 heterocycles. The van der Waals surface area contributed by atoms with Gasteiger partial charge in [0, 0.05) is 25.7 Å². The Morgan fingerprint density at radius 2 is 1.72 bits per heavy atom. The molecule has 0 bridgehead atoms. The minimum absolute atomic E-state index is 0.123. The largest absolute Gasteiger partial charge is 0.334 e. The summed E-state index contributed by atoms with van der Waals surface area (Å²) in [7, 11) is 4.10. The smallest absolute Gasteiger partial charge is 0.317 e. The quantitative estimate of drug-likeness (QED) is 0.835. The van der Waals surface area contributed by atoms with Crippen molar-refractivity contribution in [1.29, 1.82) is 0 Å². The number of amides is 2. The Hall–Kier alpha value is -0.770. The van der Waals surface area contributed by atoms with Crippen molar-refractivity contribution in [1.82, 2.24) is 15.1 Å². The highest BCUT2D eigenvalue weighted by Gasteiger charge is 2.21. The molecule has 1 rings (SSSR count). The van der Waals surface area contributed by atoms with Crippen LogP contribution in [-0.2, 0) is 0 Å². The predicted molar refractivity (Wildman–Crippen MR) is 75.8 cm³/mol. The SMILES string of the molecule is CC(C)C(CN(C)C)NC(=O)N1CCCCCC1. The first-order chi connectivity index (χ1) is 8.50.